The van der Waals surface area contributed by atoms with E-state index in [0.29, 0.717) is 16.3 Å². The SMILES string of the molecule is O=C(O)C(Cc1ccc(O)cc1)Nc1nc(Nc2ccc(Cl)cc2)ncc1[N+](=O)[O-]. The molecule has 1 aromatic heterocycles. The highest BCUT2D eigenvalue weighted by molar-refractivity contribution is 6.30. The second-order valence-corrected chi connectivity index (χ2v) is 6.66. The molecule has 0 spiro atoms. The lowest BCUT2D eigenvalue weighted by Gasteiger charge is -2.16. The first-order chi connectivity index (χ1) is 14.3. The minimum Gasteiger partial charge on any atom is -0.508 e. The number of carboxylic acids is 1. The molecule has 0 aliphatic heterocycles. The Kier molecular flexibility index (Phi) is 6.28. The Morgan fingerprint density at radius 3 is 2.43 bits per heavy atom. The van der Waals surface area contributed by atoms with Gasteiger partial charge in [-0.05, 0) is 42.0 Å². The zero-order valence-electron chi connectivity index (χ0n) is 15.3. The molecule has 3 rings (SSSR count). The van der Waals surface area contributed by atoms with Gasteiger partial charge < -0.3 is 20.8 Å². The number of nitrogens with zero attached hydrogens (tertiary/aromatic N) is 3. The topological polar surface area (TPSA) is 151 Å². The molecule has 30 heavy (non-hydrogen) atoms. The van der Waals surface area contributed by atoms with Crippen molar-refractivity contribution in [2.24, 2.45) is 0 Å². The van der Waals surface area contributed by atoms with Crippen molar-refractivity contribution in [2.75, 3.05) is 10.6 Å². The number of hydrogen-bond donors (Lipinski definition) is 4. The Balaban J connectivity index is 1.86. The number of halogens is 1. The van der Waals surface area contributed by atoms with Gasteiger partial charge in [-0.2, -0.15) is 4.98 Å². The number of rotatable bonds is 8. The largest absolute Gasteiger partial charge is 0.508 e. The van der Waals surface area contributed by atoms with Crippen molar-refractivity contribution in [3.05, 3.63) is 75.4 Å². The molecule has 2 aromatic carbocycles. The number of phenolic OH excluding ortho intramolecular Hbond substituents is 1. The van der Waals surface area contributed by atoms with Crippen LogP contribution in [0.4, 0.5) is 23.1 Å². The first-order valence-corrected chi connectivity index (χ1v) is 9.01. The van der Waals surface area contributed by atoms with Gasteiger partial charge in [0.1, 0.15) is 18.0 Å². The highest BCUT2D eigenvalue weighted by Crippen LogP contribution is 2.25. The lowest BCUT2D eigenvalue weighted by molar-refractivity contribution is -0.384. The fourth-order valence-corrected chi connectivity index (χ4v) is 2.70. The number of carboxylic acid groups (broad SMARTS) is 1. The number of phenols is 1. The first kappa shape index (κ1) is 20.8. The summed E-state index contributed by atoms with van der Waals surface area (Å²) in [6.07, 6.45) is 1.00. The van der Waals surface area contributed by atoms with Crippen LogP contribution in [0, 0.1) is 10.1 Å². The standard InChI is InChI=1S/C19H16ClN5O5/c20-12-3-5-13(6-4-12)22-19-21-10-16(25(29)30)17(24-19)23-15(18(27)28)9-11-1-7-14(26)8-2-11/h1-8,10,15,26H,9H2,(H,27,28)(H2,21,22,23,24). The molecule has 0 radical (unpaired) electrons. The molecule has 0 aliphatic carbocycles. The van der Waals surface area contributed by atoms with Crippen LogP contribution in [-0.4, -0.2) is 37.1 Å². The van der Waals surface area contributed by atoms with Crippen LogP contribution in [0.15, 0.2) is 54.7 Å². The Bertz CT molecular complexity index is 1060. The molecule has 0 bridgehead atoms. The van der Waals surface area contributed by atoms with E-state index < -0.39 is 22.6 Å². The van der Waals surface area contributed by atoms with Crippen LogP contribution in [-0.2, 0) is 11.2 Å². The number of benzene rings is 2. The average molecular weight is 430 g/mol. The summed E-state index contributed by atoms with van der Waals surface area (Å²) >= 11 is 5.84. The molecule has 0 saturated heterocycles. The predicted octanol–water partition coefficient (Wildman–Crippen LogP) is 3.60. The van der Waals surface area contributed by atoms with Crippen LogP contribution in [0.5, 0.6) is 5.75 Å². The van der Waals surface area contributed by atoms with E-state index in [9.17, 15) is 25.1 Å². The van der Waals surface area contributed by atoms with Crippen molar-refractivity contribution < 1.29 is 19.9 Å². The molecule has 0 saturated carbocycles. The fraction of sp³-hybridized carbons (Fsp3) is 0.105. The van der Waals surface area contributed by atoms with E-state index in [1.54, 1.807) is 36.4 Å². The summed E-state index contributed by atoms with van der Waals surface area (Å²) in [5.41, 5.74) is 0.746. The molecular formula is C19H16ClN5O5. The van der Waals surface area contributed by atoms with Gasteiger partial charge in [0.15, 0.2) is 0 Å². The Hall–Kier alpha value is -3.92. The summed E-state index contributed by atoms with van der Waals surface area (Å²) in [6, 6.07) is 11.4. The van der Waals surface area contributed by atoms with Crippen molar-refractivity contribution in [3.8, 4) is 5.75 Å². The molecule has 0 amide bonds. The second-order valence-electron chi connectivity index (χ2n) is 6.22. The van der Waals surface area contributed by atoms with Crippen molar-refractivity contribution in [3.63, 3.8) is 0 Å². The number of aromatic nitrogens is 2. The molecule has 1 atom stereocenters. The molecule has 0 fully saturated rings. The number of hydrogen-bond acceptors (Lipinski definition) is 8. The third-order valence-corrected chi connectivity index (χ3v) is 4.30. The maximum atomic E-state index is 11.7. The van der Waals surface area contributed by atoms with Crippen molar-refractivity contribution in [1.82, 2.24) is 9.97 Å². The van der Waals surface area contributed by atoms with Crippen molar-refractivity contribution >= 4 is 40.7 Å². The molecule has 4 N–H and O–H groups in total. The normalized spacial score (nSPS) is 11.5. The monoisotopic (exact) mass is 429 g/mol. The fourth-order valence-electron chi connectivity index (χ4n) is 2.57. The number of nitrogens with one attached hydrogen (secondary N) is 2. The molecule has 3 aromatic rings. The average Bonchev–Trinajstić information content (AvgIpc) is 2.70. The molecule has 1 unspecified atom stereocenters. The molecule has 1 heterocycles. The molecule has 0 aliphatic rings. The quantitative estimate of drug-likeness (QED) is 0.311. The zero-order valence-corrected chi connectivity index (χ0v) is 16.1. The van der Waals surface area contributed by atoms with Gasteiger partial charge in [-0.1, -0.05) is 23.7 Å². The van der Waals surface area contributed by atoms with E-state index in [0.717, 1.165) is 6.20 Å². The number of nitro groups is 1. The van der Waals surface area contributed by atoms with Gasteiger partial charge in [-0.3, -0.25) is 10.1 Å². The van der Waals surface area contributed by atoms with E-state index in [4.69, 9.17) is 11.6 Å². The summed E-state index contributed by atoms with van der Waals surface area (Å²) in [5, 5.41) is 36.3. The first-order valence-electron chi connectivity index (χ1n) is 8.63. The van der Waals surface area contributed by atoms with Crippen LogP contribution in [0.1, 0.15) is 5.56 Å². The number of aromatic hydroxyl groups is 1. The van der Waals surface area contributed by atoms with Gasteiger partial charge in [0, 0.05) is 17.1 Å². The van der Waals surface area contributed by atoms with Crippen LogP contribution >= 0.6 is 11.6 Å². The van der Waals surface area contributed by atoms with Gasteiger partial charge in [0.05, 0.1) is 4.92 Å². The van der Waals surface area contributed by atoms with Gasteiger partial charge in [-0.25, -0.2) is 9.78 Å². The van der Waals surface area contributed by atoms with E-state index in [1.165, 1.54) is 12.1 Å². The Labute approximate surface area is 175 Å². The highest BCUT2D eigenvalue weighted by Gasteiger charge is 2.25. The number of carbonyl (C=O) groups is 1. The maximum absolute atomic E-state index is 11.7. The van der Waals surface area contributed by atoms with Gasteiger partial charge in [0.25, 0.3) is 0 Å². The van der Waals surface area contributed by atoms with E-state index in [1.807, 2.05) is 0 Å². The van der Waals surface area contributed by atoms with Gasteiger partial charge >= 0.3 is 11.7 Å². The zero-order chi connectivity index (χ0) is 21.7. The maximum Gasteiger partial charge on any atom is 0.329 e. The number of anilines is 3. The molecule has 154 valence electrons. The third kappa shape index (κ3) is 5.32. The molecule has 10 nitrogen and oxygen atoms in total. The molecular weight excluding hydrogens is 414 g/mol. The highest BCUT2D eigenvalue weighted by atomic mass is 35.5. The summed E-state index contributed by atoms with van der Waals surface area (Å²) in [6.45, 7) is 0. The van der Waals surface area contributed by atoms with Gasteiger partial charge in [-0.15, -0.1) is 0 Å². The lowest BCUT2D eigenvalue weighted by atomic mass is 10.1. The minimum atomic E-state index is -1.22. The summed E-state index contributed by atoms with van der Waals surface area (Å²) in [4.78, 5) is 30.4. The van der Waals surface area contributed by atoms with Crippen molar-refractivity contribution in [2.45, 2.75) is 12.5 Å². The van der Waals surface area contributed by atoms with Crippen LogP contribution in [0.25, 0.3) is 0 Å². The van der Waals surface area contributed by atoms with Gasteiger partial charge in [0.2, 0.25) is 11.8 Å². The Morgan fingerprint density at radius 1 is 1.17 bits per heavy atom. The second kappa shape index (κ2) is 9.05. The van der Waals surface area contributed by atoms with Crippen molar-refractivity contribution in [1.29, 1.82) is 0 Å². The lowest BCUT2D eigenvalue weighted by Crippen LogP contribution is -2.32. The summed E-state index contributed by atoms with van der Waals surface area (Å²) < 4.78 is 0. The van der Waals surface area contributed by atoms with E-state index in [-0.39, 0.29) is 23.9 Å². The smallest absolute Gasteiger partial charge is 0.329 e. The summed E-state index contributed by atoms with van der Waals surface area (Å²) in [7, 11) is 0. The molecule has 11 heteroatoms. The van der Waals surface area contributed by atoms with E-state index in [2.05, 4.69) is 20.6 Å². The number of aliphatic carboxylic acids is 1. The van der Waals surface area contributed by atoms with Crippen LogP contribution < -0.4 is 10.6 Å². The Morgan fingerprint density at radius 2 is 1.83 bits per heavy atom. The third-order valence-electron chi connectivity index (χ3n) is 4.05. The predicted molar refractivity (Wildman–Crippen MR) is 110 cm³/mol. The minimum absolute atomic E-state index is 0.0106. The van der Waals surface area contributed by atoms with Crippen LogP contribution in [0.2, 0.25) is 5.02 Å². The summed E-state index contributed by atoms with van der Waals surface area (Å²) in [5.74, 6) is -1.37. The van der Waals surface area contributed by atoms with E-state index >= 15 is 0 Å². The van der Waals surface area contributed by atoms with Crippen LogP contribution in [0.3, 0.4) is 0 Å².